The smallest absolute Gasteiger partial charge is 0.0645 e. The van der Waals surface area contributed by atoms with Gasteiger partial charge in [0.05, 0.1) is 44.2 Å². The summed E-state index contributed by atoms with van der Waals surface area (Å²) in [7, 11) is 0. The Balaban J connectivity index is 1.24. The molecule has 262 valence electrons. The van der Waals surface area contributed by atoms with Crippen molar-refractivity contribution in [1.82, 2.24) is 9.13 Å². The summed E-state index contributed by atoms with van der Waals surface area (Å²) in [4.78, 5) is 0. The zero-order valence-electron chi connectivity index (χ0n) is 41.8. The minimum atomic E-state index is -0.689. The van der Waals surface area contributed by atoms with E-state index in [0.29, 0.717) is 11.1 Å². The molecule has 0 aliphatic heterocycles. The molecular weight excluding hydrogens is 677 g/mol. The molecule has 0 spiro atoms. The van der Waals surface area contributed by atoms with Crippen molar-refractivity contribution in [3.63, 3.8) is 0 Å². The molecule has 11 aromatic rings. The van der Waals surface area contributed by atoms with Crippen molar-refractivity contribution >= 4 is 43.6 Å². The van der Waals surface area contributed by atoms with E-state index in [2.05, 4.69) is 65.2 Å². The lowest BCUT2D eigenvalue weighted by Crippen LogP contribution is -1.98. The van der Waals surface area contributed by atoms with E-state index < -0.39 is 78.2 Å². The largest absolute Gasteiger partial charge is 0.309 e. The summed E-state index contributed by atoms with van der Waals surface area (Å²) in [6.45, 7) is 0. The van der Waals surface area contributed by atoms with E-state index in [0.717, 1.165) is 59.9 Å². The van der Waals surface area contributed by atoms with Gasteiger partial charge in [0, 0.05) is 32.8 Å². The quantitative estimate of drug-likeness (QED) is 0.162. The molecule has 56 heavy (non-hydrogen) atoms. The SMILES string of the molecule is [2H]c1c([2H])c([2H])c(-n2c3c([2H])c([2H])c([2H])c([2H])c3c3c(-c4ccccc4-c4ccccc4-n4c5ccc(-c6ccccc6)cc5c5cc(-c6ccccc6)ccc54)c([2H])c([2H])c([2H])c32)c([2H])c1[2H]. The molecule has 2 nitrogen and oxygen atoms in total. The standard InChI is InChI=1S/C54H36N2/c1-4-17-37(18-5-1)39-31-33-51-47(35-39)48-36-40(38-19-6-2-7-20-38)32-34-52(48)56(51)49-28-14-12-25-44(49)42-23-10-11-24-43(42)45-27-16-30-53-54(45)46-26-13-15-29-50(46)55(53)41-21-8-3-9-22-41/h1-36H/i3D,8D,9D,13D,15D,16D,21D,22D,26D,27D,29D,30D. The van der Waals surface area contributed by atoms with Crippen LogP contribution in [-0.4, -0.2) is 9.13 Å². The van der Waals surface area contributed by atoms with E-state index in [1.165, 1.54) is 0 Å². The Kier molecular flexibility index (Phi) is 5.19. The molecular formula is C54H36N2. The Morgan fingerprint density at radius 2 is 0.857 bits per heavy atom. The maximum atomic E-state index is 9.62. The van der Waals surface area contributed by atoms with Crippen LogP contribution >= 0.6 is 0 Å². The third kappa shape index (κ3) is 5.11. The van der Waals surface area contributed by atoms with Crippen molar-refractivity contribution in [1.29, 1.82) is 0 Å². The summed E-state index contributed by atoms with van der Waals surface area (Å²) in [5, 5.41) is 1.94. The van der Waals surface area contributed by atoms with Gasteiger partial charge < -0.3 is 9.13 Å². The first-order valence-corrected chi connectivity index (χ1v) is 18.3. The van der Waals surface area contributed by atoms with E-state index in [1.54, 1.807) is 12.1 Å². The summed E-state index contributed by atoms with van der Waals surface area (Å²) in [6, 6.07) is 41.2. The molecule has 2 heteroatoms. The molecule has 2 heterocycles. The maximum Gasteiger partial charge on any atom is 0.0645 e. The van der Waals surface area contributed by atoms with Crippen molar-refractivity contribution in [3.05, 3.63) is 218 Å². The van der Waals surface area contributed by atoms with Crippen LogP contribution in [0.2, 0.25) is 0 Å². The van der Waals surface area contributed by atoms with E-state index in [9.17, 15) is 6.85 Å². The molecule has 11 rings (SSSR count). The van der Waals surface area contributed by atoms with Gasteiger partial charge in [-0.3, -0.25) is 0 Å². The fourth-order valence-corrected chi connectivity index (χ4v) is 8.09. The van der Waals surface area contributed by atoms with Crippen LogP contribution in [0.15, 0.2) is 218 Å². The number of aromatic nitrogens is 2. The van der Waals surface area contributed by atoms with Gasteiger partial charge in [0.25, 0.3) is 0 Å². The molecule has 9 aromatic carbocycles. The fraction of sp³-hybridized carbons (Fsp3) is 0. The average Bonchev–Trinajstić information content (AvgIpc) is 3.89. The van der Waals surface area contributed by atoms with Crippen molar-refractivity contribution in [2.45, 2.75) is 0 Å². The number of hydrogen-bond acceptors (Lipinski definition) is 0. The van der Waals surface area contributed by atoms with Gasteiger partial charge in [-0.2, -0.15) is 0 Å². The lowest BCUT2D eigenvalue weighted by Gasteiger charge is -2.18. The van der Waals surface area contributed by atoms with Gasteiger partial charge in [0.1, 0.15) is 0 Å². The Labute approximate surface area is 342 Å². The Morgan fingerprint density at radius 3 is 1.52 bits per heavy atom. The minimum absolute atomic E-state index is 0.00786. The highest BCUT2D eigenvalue weighted by Crippen LogP contribution is 2.44. The van der Waals surface area contributed by atoms with E-state index >= 15 is 0 Å². The Bertz CT molecular complexity index is 3810. The van der Waals surface area contributed by atoms with E-state index in [4.69, 9.17) is 9.60 Å². The topological polar surface area (TPSA) is 9.86 Å². The van der Waals surface area contributed by atoms with E-state index in [1.807, 2.05) is 72.8 Å². The number of hydrogen-bond donors (Lipinski definition) is 0. The van der Waals surface area contributed by atoms with Crippen LogP contribution in [0.4, 0.5) is 0 Å². The molecule has 0 saturated heterocycles. The summed E-state index contributed by atoms with van der Waals surface area (Å²) in [5.41, 5.74) is 7.84. The highest BCUT2D eigenvalue weighted by atomic mass is 15.0. The molecule has 0 radical (unpaired) electrons. The number of benzene rings is 9. The second-order valence-electron chi connectivity index (χ2n) is 13.6. The molecule has 0 fully saturated rings. The van der Waals surface area contributed by atoms with Crippen molar-refractivity contribution in [2.75, 3.05) is 0 Å². The number of nitrogens with zero attached hydrogens (tertiary/aromatic N) is 2. The first-order chi connectivity index (χ1) is 32.8. The molecule has 0 aliphatic carbocycles. The van der Waals surface area contributed by atoms with Gasteiger partial charge in [-0.15, -0.1) is 0 Å². The predicted molar refractivity (Wildman–Crippen MR) is 237 cm³/mol. The molecule has 0 atom stereocenters. The second-order valence-corrected chi connectivity index (χ2v) is 13.6. The van der Waals surface area contributed by atoms with Gasteiger partial charge in [-0.05, 0) is 93.4 Å². The Hall–Kier alpha value is -7.42. The van der Waals surface area contributed by atoms with Crippen LogP contribution in [0.5, 0.6) is 0 Å². The number of fused-ring (bicyclic) bond motifs is 6. The lowest BCUT2D eigenvalue weighted by atomic mass is 9.91. The van der Waals surface area contributed by atoms with Crippen LogP contribution in [0, 0.1) is 0 Å². The van der Waals surface area contributed by atoms with Crippen molar-refractivity contribution in [2.24, 2.45) is 0 Å². The van der Waals surface area contributed by atoms with Crippen LogP contribution in [0.1, 0.15) is 16.4 Å². The number of rotatable bonds is 6. The van der Waals surface area contributed by atoms with Gasteiger partial charge in [0.2, 0.25) is 0 Å². The summed E-state index contributed by atoms with van der Waals surface area (Å²) >= 11 is 0. The monoisotopic (exact) mass is 724 g/mol. The second kappa shape index (κ2) is 13.2. The fourth-order valence-electron chi connectivity index (χ4n) is 8.09. The first-order valence-electron chi connectivity index (χ1n) is 24.3. The van der Waals surface area contributed by atoms with Gasteiger partial charge in [-0.1, -0.05) is 164 Å². The third-order valence-electron chi connectivity index (χ3n) is 10.5. The number of para-hydroxylation sites is 3. The summed E-state index contributed by atoms with van der Waals surface area (Å²) < 4.78 is 111. The highest BCUT2D eigenvalue weighted by Gasteiger charge is 2.21. The summed E-state index contributed by atoms with van der Waals surface area (Å²) in [5.74, 6) is 0. The van der Waals surface area contributed by atoms with Crippen molar-refractivity contribution in [3.8, 4) is 55.9 Å². The average molecular weight is 725 g/mol. The molecule has 0 saturated carbocycles. The molecule has 0 unspecified atom stereocenters. The van der Waals surface area contributed by atoms with Crippen molar-refractivity contribution < 1.29 is 16.4 Å². The molecule has 0 amide bonds. The van der Waals surface area contributed by atoms with Crippen LogP contribution in [-0.2, 0) is 0 Å². The zero-order valence-corrected chi connectivity index (χ0v) is 29.8. The lowest BCUT2D eigenvalue weighted by molar-refractivity contribution is 1.18. The van der Waals surface area contributed by atoms with Gasteiger partial charge >= 0.3 is 0 Å². The minimum Gasteiger partial charge on any atom is -0.309 e. The molecule has 0 bridgehead atoms. The van der Waals surface area contributed by atoms with Gasteiger partial charge in [-0.25, -0.2) is 0 Å². The normalized spacial score (nSPS) is 14.6. The first kappa shape index (κ1) is 22.1. The summed E-state index contributed by atoms with van der Waals surface area (Å²) in [6.07, 6.45) is 0. The molecule has 0 N–H and O–H groups in total. The van der Waals surface area contributed by atoms with Crippen LogP contribution in [0.3, 0.4) is 0 Å². The van der Waals surface area contributed by atoms with Crippen LogP contribution in [0.25, 0.3) is 99.5 Å². The Morgan fingerprint density at radius 1 is 0.321 bits per heavy atom. The molecule has 0 aliphatic rings. The molecule has 2 aromatic heterocycles. The third-order valence-corrected chi connectivity index (χ3v) is 10.5. The maximum absolute atomic E-state index is 9.62. The van der Waals surface area contributed by atoms with Gasteiger partial charge in [0.15, 0.2) is 0 Å². The zero-order chi connectivity index (χ0) is 47.4. The highest BCUT2D eigenvalue weighted by molar-refractivity contribution is 6.17. The van der Waals surface area contributed by atoms with E-state index in [-0.39, 0.29) is 27.4 Å². The predicted octanol–water partition coefficient (Wildman–Crippen LogP) is 14.5. The van der Waals surface area contributed by atoms with Crippen LogP contribution < -0.4 is 0 Å².